The van der Waals surface area contributed by atoms with Crippen molar-refractivity contribution < 1.29 is 9.53 Å². The highest BCUT2D eigenvalue weighted by Gasteiger charge is 2.15. The zero-order chi connectivity index (χ0) is 13.0. The minimum Gasteiger partial charge on any atom is -0.462 e. The molecule has 0 aliphatic rings. The smallest absolute Gasteiger partial charge is 0.338 e. The Morgan fingerprint density at radius 2 is 2.22 bits per heavy atom. The molecule has 0 aliphatic carbocycles. The van der Waals surface area contributed by atoms with E-state index in [-0.39, 0.29) is 0 Å². The van der Waals surface area contributed by atoms with Gasteiger partial charge in [-0.2, -0.15) is 0 Å². The number of hydrogen-bond acceptors (Lipinski definition) is 5. The molecule has 1 heterocycles. The number of nitrogens with zero attached hydrogens (tertiary/aromatic N) is 2. The lowest BCUT2D eigenvalue weighted by Crippen LogP contribution is -2.06. The fourth-order valence-corrected chi connectivity index (χ4v) is 2.04. The first-order chi connectivity index (χ1) is 8.74. The van der Waals surface area contributed by atoms with Gasteiger partial charge in [-0.15, -0.1) is 5.10 Å². The van der Waals surface area contributed by atoms with E-state index in [4.69, 9.17) is 4.74 Å². The highest BCUT2D eigenvalue weighted by molar-refractivity contribution is 7.03. The molecule has 1 aromatic carbocycles. The monoisotopic (exact) mass is 260 g/mol. The number of ether oxygens (including phenoxy) is 1. The van der Waals surface area contributed by atoms with E-state index in [0.29, 0.717) is 12.2 Å². The van der Waals surface area contributed by atoms with Gasteiger partial charge < -0.3 is 4.74 Å². The molecule has 1 aromatic heterocycles. The average Bonchev–Trinajstić information content (AvgIpc) is 2.92. The van der Waals surface area contributed by atoms with Crippen molar-refractivity contribution in [3.63, 3.8) is 0 Å². The lowest BCUT2D eigenvalue weighted by Gasteiger charge is -2.09. The quantitative estimate of drug-likeness (QED) is 0.626. The molecule has 0 saturated carbocycles. The standard InChI is InChI=1S/C13H12N2O2S/c1-3-17-13(16)9(2)10-6-4-5-7-11(10)12-8-18-15-14-12/h4-8H,2-3H2,1H3. The maximum atomic E-state index is 11.7. The van der Waals surface area contributed by atoms with Crippen LogP contribution in [0.2, 0.25) is 0 Å². The van der Waals surface area contributed by atoms with Crippen LogP contribution >= 0.6 is 11.5 Å². The average molecular weight is 260 g/mol. The summed E-state index contributed by atoms with van der Waals surface area (Å²) in [7, 11) is 0. The third kappa shape index (κ3) is 2.46. The van der Waals surface area contributed by atoms with Gasteiger partial charge in [0.15, 0.2) is 0 Å². The molecular formula is C13H12N2O2S. The van der Waals surface area contributed by atoms with E-state index in [1.807, 2.05) is 29.6 Å². The fourth-order valence-electron chi connectivity index (χ4n) is 1.58. The molecule has 2 aromatic rings. The van der Waals surface area contributed by atoms with Gasteiger partial charge in [0.05, 0.1) is 12.2 Å². The number of benzene rings is 1. The van der Waals surface area contributed by atoms with Crippen molar-refractivity contribution in [1.29, 1.82) is 0 Å². The van der Waals surface area contributed by atoms with Gasteiger partial charge in [0.1, 0.15) is 5.69 Å². The van der Waals surface area contributed by atoms with Crippen molar-refractivity contribution in [2.24, 2.45) is 0 Å². The molecule has 0 unspecified atom stereocenters. The van der Waals surface area contributed by atoms with Crippen molar-refractivity contribution in [3.05, 3.63) is 41.8 Å². The van der Waals surface area contributed by atoms with Gasteiger partial charge in [-0.1, -0.05) is 35.3 Å². The predicted molar refractivity (Wildman–Crippen MR) is 71.0 cm³/mol. The minimum absolute atomic E-state index is 0.332. The molecule has 0 amide bonds. The van der Waals surface area contributed by atoms with Crippen LogP contribution in [0, 0.1) is 0 Å². The molecule has 0 radical (unpaired) electrons. The molecule has 18 heavy (non-hydrogen) atoms. The van der Waals surface area contributed by atoms with Crippen LogP contribution in [0.1, 0.15) is 12.5 Å². The summed E-state index contributed by atoms with van der Waals surface area (Å²) >= 11 is 1.27. The Labute approximate surface area is 109 Å². The lowest BCUT2D eigenvalue weighted by atomic mass is 9.99. The summed E-state index contributed by atoms with van der Waals surface area (Å²) in [6, 6.07) is 7.45. The normalized spacial score (nSPS) is 10.1. The molecule has 0 bridgehead atoms. The molecular weight excluding hydrogens is 248 g/mol. The fraction of sp³-hybridized carbons (Fsp3) is 0.154. The van der Waals surface area contributed by atoms with Crippen LogP contribution in [0.4, 0.5) is 0 Å². The van der Waals surface area contributed by atoms with E-state index in [9.17, 15) is 4.79 Å². The van der Waals surface area contributed by atoms with Crippen molar-refractivity contribution in [2.45, 2.75) is 6.92 Å². The summed E-state index contributed by atoms with van der Waals surface area (Å²) in [6.45, 7) is 5.89. The molecule has 2 rings (SSSR count). The lowest BCUT2D eigenvalue weighted by molar-refractivity contribution is -0.136. The van der Waals surface area contributed by atoms with Gasteiger partial charge in [0, 0.05) is 10.9 Å². The Morgan fingerprint density at radius 1 is 1.44 bits per heavy atom. The van der Waals surface area contributed by atoms with E-state index in [2.05, 4.69) is 16.2 Å². The van der Waals surface area contributed by atoms with E-state index in [1.165, 1.54) is 11.5 Å². The van der Waals surface area contributed by atoms with Crippen LogP contribution in [0.25, 0.3) is 16.8 Å². The third-order valence-corrected chi connectivity index (χ3v) is 2.91. The van der Waals surface area contributed by atoms with Crippen LogP contribution in [0.3, 0.4) is 0 Å². The molecule has 0 spiro atoms. The highest BCUT2D eigenvalue weighted by Crippen LogP contribution is 2.27. The molecule has 5 heteroatoms. The topological polar surface area (TPSA) is 52.1 Å². The van der Waals surface area contributed by atoms with Gasteiger partial charge in [0.2, 0.25) is 0 Å². The summed E-state index contributed by atoms with van der Waals surface area (Å²) in [5, 5.41) is 5.84. The van der Waals surface area contributed by atoms with Gasteiger partial charge in [-0.05, 0) is 24.0 Å². The van der Waals surface area contributed by atoms with Crippen LogP contribution in [-0.2, 0) is 9.53 Å². The molecule has 0 atom stereocenters. The number of hydrogen-bond donors (Lipinski definition) is 0. The molecule has 0 N–H and O–H groups in total. The van der Waals surface area contributed by atoms with Crippen LogP contribution < -0.4 is 0 Å². The number of carbonyl (C=O) groups excluding carboxylic acids is 1. The molecule has 0 aliphatic heterocycles. The molecule has 0 fully saturated rings. The third-order valence-electron chi connectivity index (χ3n) is 2.41. The number of esters is 1. The van der Waals surface area contributed by atoms with E-state index >= 15 is 0 Å². The summed E-state index contributed by atoms with van der Waals surface area (Å²) in [5.74, 6) is -0.409. The van der Waals surface area contributed by atoms with Gasteiger partial charge in [0.25, 0.3) is 0 Å². The maximum Gasteiger partial charge on any atom is 0.338 e. The second-order valence-electron chi connectivity index (χ2n) is 3.53. The molecule has 4 nitrogen and oxygen atoms in total. The van der Waals surface area contributed by atoms with Crippen LogP contribution in [0.5, 0.6) is 0 Å². The summed E-state index contributed by atoms with van der Waals surface area (Å²) in [5.41, 5.74) is 2.63. The highest BCUT2D eigenvalue weighted by atomic mass is 32.1. The summed E-state index contributed by atoms with van der Waals surface area (Å²) in [4.78, 5) is 11.7. The number of rotatable bonds is 4. The zero-order valence-electron chi connectivity index (χ0n) is 9.92. The van der Waals surface area contributed by atoms with Gasteiger partial charge in [-0.25, -0.2) is 4.79 Å². The zero-order valence-corrected chi connectivity index (χ0v) is 10.7. The first kappa shape index (κ1) is 12.4. The Bertz CT molecular complexity index is 564. The van der Waals surface area contributed by atoms with E-state index < -0.39 is 5.97 Å². The first-order valence-corrected chi connectivity index (χ1v) is 6.30. The Hall–Kier alpha value is -2.01. The predicted octanol–water partition coefficient (Wildman–Crippen LogP) is 2.78. The van der Waals surface area contributed by atoms with Gasteiger partial charge in [-0.3, -0.25) is 0 Å². The second-order valence-corrected chi connectivity index (χ2v) is 4.14. The van der Waals surface area contributed by atoms with Crippen LogP contribution in [-0.4, -0.2) is 22.2 Å². The number of aromatic nitrogens is 2. The number of carbonyl (C=O) groups is 1. The van der Waals surface area contributed by atoms with E-state index in [0.717, 1.165) is 16.8 Å². The van der Waals surface area contributed by atoms with Crippen molar-refractivity contribution in [2.75, 3.05) is 6.61 Å². The van der Waals surface area contributed by atoms with Crippen LogP contribution in [0.15, 0.2) is 36.2 Å². The Balaban J connectivity index is 2.40. The summed E-state index contributed by atoms with van der Waals surface area (Å²) in [6.07, 6.45) is 0. The van der Waals surface area contributed by atoms with Crippen molar-refractivity contribution in [3.8, 4) is 11.3 Å². The Kier molecular flexibility index (Phi) is 3.84. The SMILES string of the molecule is C=C(C(=O)OCC)c1ccccc1-c1csnn1. The van der Waals surface area contributed by atoms with Crippen molar-refractivity contribution >= 4 is 23.1 Å². The second kappa shape index (κ2) is 5.55. The first-order valence-electron chi connectivity index (χ1n) is 5.47. The minimum atomic E-state index is -0.409. The van der Waals surface area contributed by atoms with E-state index in [1.54, 1.807) is 6.92 Å². The maximum absolute atomic E-state index is 11.7. The molecule has 0 saturated heterocycles. The summed E-state index contributed by atoms with van der Waals surface area (Å²) < 4.78 is 8.78. The molecule has 92 valence electrons. The van der Waals surface area contributed by atoms with Crippen molar-refractivity contribution in [1.82, 2.24) is 9.59 Å². The Morgan fingerprint density at radius 3 is 2.89 bits per heavy atom. The largest absolute Gasteiger partial charge is 0.462 e. The van der Waals surface area contributed by atoms with Gasteiger partial charge >= 0.3 is 5.97 Å².